The fourth-order valence-electron chi connectivity index (χ4n) is 2.74. The van der Waals surface area contributed by atoms with Crippen LogP contribution < -0.4 is 18.9 Å². The van der Waals surface area contributed by atoms with Crippen LogP contribution >= 0.6 is 0 Å². The van der Waals surface area contributed by atoms with E-state index in [1.54, 1.807) is 0 Å². The van der Waals surface area contributed by atoms with Crippen molar-refractivity contribution in [3.8, 4) is 34.5 Å². The average molecular weight is 420 g/mol. The minimum absolute atomic E-state index is 0.0412. The second kappa shape index (κ2) is 9.84. The lowest BCUT2D eigenvalue weighted by Gasteiger charge is -2.18. The van der Waals surface area contributed by atoms with E-state index in [4.69, 9.17) is 18.9 Å². The zero-order chi connectivity index (χ0) is 22.4. The SMILES string of the molecule is COc1cc(O)c(C(C)=O)c(OCC(O)COc2cc(OC)cc(O)c2C(C)=O)c1. The molecule has 0 unspecified atom stereocenters. The van der Waals surface area contributed by atoms with E-state index in [0.29, 0.717) is 0 Å². The van der Waals surface area contributed by atoms with Crippen LogP contribution in [0.25, 0.3) is 0 Å². The van der Waals surface area contributed by atoms with Crippen LogP contribution in [-0.2, 0) is 0 Å². The molecular weight excluding hydrogens is 396 g/mol. The van der Waals surface area contributed by atoms with E-state index in [9.17, 15) is 24.9 Å². The van der Waals surface area contributed by atoms with Crippen molar-refractivity contribution >= 4 is 11.6 Å². The fourth-order valence-corrected chi connectivity index (χ4v) is 2.74. The van der Waals surface area contributed by atoms with E-state index in [1.165, 1.54) is 52.3 Å². The quantitative estimate of drug-likeness (QED) is 0.496. The highest BCUT2D eigenvalue weighted by Gasteiger charge is 2.20. The van der Waals surface area contributed by atoms with Crippen molar-refractivity contribution in [1.29, 1.82) is 0 Å². The predicted octanol–water partition coefficient (Wildman–Crippen LogP) is 2.34. The Balaban J connectivity index is 2.12. The van der Waals surface area contributed by atoms with Crippen LogP contribution in [0.3, 0.4) is 0 Å². The van der Waals surface area contributed by atoms with Crippen molar-refractivity contribution in [2.24, 2.45) is 0 Å². The van der Waals surface area contributed by atoms with Crippen molar-refractivity contribution in [2.75, 3.05) is 27.4 Å². The molecule has 0 heterocycles. The van der Waals surface area contributed by atoms with Crippen molar-refractivity contribution < 1.29 is 43.9 Å². The van der Waals surface area contributed by atoms with Crippen molar-refractivity contribution in [3.05, 3.63) is 35.4 Å². The Morgan fingerprint density at radius 3 is 1.47 bits per heavy atom. The van der Waals surface area contributed by atoms with E-state index >= 15 is 0 Å². The van der Waals surface area contributed by atoms with E-state index in [0.717, 1.165) is 0 Å². The summed E-state index contributed by atoms with van der Waals surface area (Å²) in [4.78, 5) is 23.6. The first kappa shape index (κ1) is 22.8. The number of phenols is 2. The third-order valence-corrected chi connectivity index (χ3v) is 4.15. The normalized spacial score (nSPS) is 10.6. The molecule has 2 rings (SSSR count). The molecule has 0 atom stereocenters. The molecule has 0 bridgehead atoms. The van der Waals surface area contributed by atoms with Crippen molar-refractivity contribution in [3.63, 3.8) is 0 Å². The smallest absolute Gasteiger partial charge is 0.167 e. The van der Waals surface area contributed by atoms with Gasteiger partial charge in [0.05, 0.1) is 14.2 Å². The zero-order valence-corrected chi connectivity index (χ0v) is 17.1. The number of phenolic OH excluding ortho intramolecular Hbond substituents is 2. The lowest BCUT2D eigenvalue weighted by Crippen LogP contribution is -2.26. The summed E-state index contributed by atoms with van der Waals surface area (Å²) < 4.78 is 21.1. The minimum Gasteiger partial charge on any atom is -0.507 e. The highest BCUT2D eigenvalue weighted by molar-refractivity contribution is 6.00. The van der Waals surface area contributed by atoms with E-state index in [-0.39, 0.29) is 58.8 Å². The maximum absolute atomic E-state index is 11.8. The number of aliphatic hydroxyl groups excluding tert-OH is 1. The van der Waals surface area contributed by atoms with Crippen LogP contribution in [0.4, 0.5) is 0 Å². The molecule has 0 aliphatic carbocycles. The number of rotatable bonds is 10. The van der Waals surface area contributed by atoms with Gasteiger partial charge < -0.3 is 34.3 Å². The number of hydrogen-bond donors (Lipinski definition) is 3. The highest BCUT2D eigenvalue weighted by atomic mass is 16.5. The standard InChI is InChI=1S/C21H24O9/c1-11(22)20-16(25)5-14(27-3)7-18(20)29-9-13(24)10-30-19-8-15(28-4)6-17(26)21(19)12(2)23/h5-8,13,24-26H,9-10H2,1-4H3. The number of ether oxygens (including phenoxy) is 4. The number of Topliss-reactive ketones (excluding diaryl/α,β-unsaturated/α-hetero) is 2. The van der Waals surface area contributed by atoms with Gasteiger partial charge in [0.1, 0.15) is 64.9 Å². The van der Waals surface area contributed by atoms with Gasteiger partial charge in [-0.3, -0.25) is 9.59 Å². The summed E-state index contributed by atoms with van der Waals surface area (Å²) in [7, 11) is 2.79. The van der Waals surface area contributed by atoms with Gasteiger partial charge in [0.15, 0.2) is 11.6 Å². The predicted molar refractivity (Wildman–Crippen MR) is 106 cm³/mol. The molecule has 0 aliphatic heterocycles. The van der Waals surface area contributed by atoms with E-state index in [2.05, 4.69) is 0 Å². The van der Waals surface area contributed by atoms with Crippen LogP contribution in [0.5, 0.6) is 34.5 Å². The molecule has 2 aromatic carbocycles. The molecule has 0 saturated carbocycles. The molecule has 30 heavy (non-hydrogen) atoms. The molecule has 9 nitrogen and oxygen atoms in total. The summed E-state index contributed by atoms with van der Waals surface area (Å²) in [5.74, 6) is -0.820. The summed E-state index contributed by atoms with van der Waals surface area (Å²) in [6, 6.07) is 5.39. The second-order valence-electron chi connectivity index (χ2n) is 6.43. The molecule has 0 aromatic heterocycles. The Hall–Kier alpha value is -3.46. The largest absolute Gasteiger partial charge is 0.507 e. The Labute approximate surface area is 173 Å². The number of ketones is 2. The van der Waals surface area contributed by atoms with Crippen LogP contribution in [0.1, 0.15) is 34.6 Å². The maximum Gasteiger partial charge on any atom is 0.167 e. The maximum atomic E-state index is 11.8. The highest BCUT2D eigenvalue weighted by Crippen LogP contribution is 2.35. The molecular formula is C21H24O9. The van der Waals surface area contributed by atoms with Gasteiger partial charge >= 0.3 is 0 Å². The van der Waals surface area contributed by atoms with Gasteiger partial charge in [-0.25, -0.2) is 0 Å². The first-order chi connectivity index (χ1) is 14.2. The van der Waals surface area contributed by atoms with Crippen LogP contribution in [0, 0.1) is 0 Å². The van der Waals surface area contributed by atoms with Crippen LogP contribution in [0.15, 0.2) is 24.3 Å². The Morgan fingerprint density at radius 2 is 1.17 bits per heavy atom. The lowest BCUT2D eigenvalue weighted by atomic mass is 10.1. The average Bonchev–Trinajstić information content (AvgIpc) is 2.68. The number of aromatic hydroxyl groups is 2. The fraction of sp³-hybridized carbons (Fsp3) is 0.333. The molecule has 3 N–H and O–H groups in total. The molecule has 0 saturated heterocycles. The molecule has 0 fully saturated rings. The molecule has 9 heteroatoms. The Bertz CT molecular complexity index is 861. The van der Waals surface area contributed by atoms with E-state index in [1.807, 2.05) is 0 Å². The first-order valence-corrected chi connectivity index (χ1v) is 8.95. The third-order valence-electron chi connectivity index (χ3n) is 4.15. The van der Waals surface area contributed by atoms with Crippen molar-refractivity contribution in [2.45, 2.75) is 20.0 Å². The van der Waals surface area contributed by atoms with E-state index < -0.39 is 17.7 Å². The number of carbonyl (C=O) groups is 2. The van der Waals surface area contributed by atoms with Gasteiger partial charge in [0.25, 0.3) is 0 Å². The van der Waals surface area contributed by atoms with Crippen molar-refractivity contribution in [1.82, 2.24) is 0 Å². The van der Waals surface area contributed by atoms with Crippen LogP contribution in [-0.4, -0.2) is 60.4 Å². The molecule has 2 aromatic rings. The molecule has 0 amide bonds. The van der Waals surface area contributed by atoms with Gasteiger partial charge in [0.2, 0.25) is 0 Å². The zero-order valence-electron chi connectivity index (χ0n) is 17.1. The Morgan fingerprint density at radius 1 is 0.800 bits per heavy atom. The number of benzene rings is 2. The monoisotopic (exact) mass is 420 g/mol. The first-order valence-electron chi connectivity index (χ1n) is 8.95. The number of aliphatic hydroxyl groups is 1. The molecule has 0 aliphatic rings. The third kappa shape index (κ3) is 5.32. The second-order valence-corrected chi connectivity index (χ2v) is 6.43. The van der Waals surface area contributed by atoms with Gasteiger partial charge in [-0.05, 0) is 13.8 Å². The lowest BCUT2D eigenvalue weighted by molar-refractivity contribution is 0.0611. The summed E-state index contributed by atoms with van der Waals surface area (Å²) in [5.41, 5.74) is -0.0824. The van der Waals surface area contributed by atoms with Gasteiger partial charge in [0, 0.05) is 24.3 Å². The summed E-state index contributed by atoms with van der Waals surface area (Å²) in [6.07, 6.45) is -1.16. The number of methoxy groups -OCH3 is 2. The van der Waals surface area contributed by atoms with Gasteiger partial charge in [-0.15, -0.1) is 0 Å². The van der Waals surface area contributed by atoms with Crippen LogP contribution in [0.2, 0.25) is 0 Å². The molecule has 0 spiro atoms. The molecule has 0 radical (unpaired) electrons. The number of carbonyl (C=O) groups excluding carboxylic acids is 2. The summed E-state index contributed by atoms with van der Waals surface area (Å²) >= 11 is 0. The minimum atomic E-state index is -1.16. The summed E-state index contributed by atoms with van der Waals surface area (Å²) in [5, 5.41) is 30.2. The topological polar surface area (TPSA) is 132 Å². The van der Waals surface area contributed by atoms with Gasteiger partial charge in [-0.2, -0.15) is 0 Å². The Kier molecular flexibility index (Phi) is 7.48. The number of hydrogen-bond acceptors (Lipinski definition) is 9. The van der Waals surface area contributed by atoms with Gasteiger partial charge in [-0.1, -0.05) is 0 Å². The summed E-state index contributed by atoms with van der Waals surface area (Å²) in [6.45, 7) is 1.98. The molecule has 162 valence electrons.